The predicted octanol–water partition coefficient (Wildman–Crippen LogP) is 2.99. The second-order valence-corrected chi connectivity index (χ2v) is 5.08. The average Bonchev–Trinajstić information content (AvgIpc) is 2.96. The Morgan fingerprint density at radius 2 is 1.95 bits per heavy atom. The molecule has 2 heterocycles. The van der Waals surface area contributed by atoms with E-state index in [4.69, 9.17) is 11.6 Å². The van der Waals surface area contributed by atoms with Crippen molar-refractivity contribution in [3.63, 3.8) is 0 Å². The number of hydrogen-bond donors (Lipinski definition) is 1. The van der Waals surface area contributed by atoms with E-state index in [2.05, 4.69) is 15.3 Å². The van der Waals surface area contributed by atoms with E-state index >= 15 is 0 Å². The molecular formula is C15H11ClN4O2. The van der Waals surface area contributed by atoms with Crippen molar-refractivity contribution in [2.24, 2.45) is 0 Å². The fourth-order valence-electron chi connectivity index (χ4n) is 2.14. The van der Waals surface area contributed by atoms with Crippen LogP contribution in [0.3, 0.4) is 0 Å². The lowest BCUT2D eigenvalue weighted by molar-refractivity contribution is 0.0691. The number of halogens is 1. The minimum absolute atomic E-state index is 0.112. The Hall–Kier alpha value is -2.73. The van der Waals surface area contributed by atoms with Crippen LogP contribution in [0.4, 0.5) is 0 Å². The van der Waals surface area contributed by atoms with Gasteiger partial charge in [0.2, 0.25) is 0 Å². The van der Waals surface area contributed by atoms with Gasteiger partial charge in [0.25, 0.3) is 0 Å². The van der Waals surface area contributed by atoms with Crippen LogP contribution >= 0.6 is 11.6 Å². The molecule has 110 valence electrons. The Kier molecular flexibility index (Phi) is 3.60. The number of aromatic carboxylic acids is 1. The molecule has 3 rings (SSSR count). The van der Waals surface area contributed by atoms with E-state index in [0.717, 1.165) is 5.56 Å². The molecule has 0 radical (unpaired) electrons. The lowest BCUT2D eigenvalue weighted by Crippen LogP contribution is -2.03. The van der Waals surface area contributed by atoms with Crippen molar-refractivity contribution in [3.8, 4) is 16.9 Å². The normalized spacial score (nSPS) is 10.6. The molecule has 0 spiro atoms. The zero-order chi connectivity index (χ0) is 15.7. The Labute approximate surface area is 131 Å². The molecule has 0 atom stereocenters. The van der Waals surface area contributed by atoms with E-state index in [-0.39, 0.29) is 5.69 Å². The maximum absolute atomic E-state index is 11.4. The second kappa shape index (κ2) is 5.57. The topological polar surface area (TPSA) is 80.9 Å². The summed E-state index contributed by atoms with van der Waals surface area (Å²) in [6.07, 6.45) is 3.18. The molecule has 0 aliphatic carbocycles. The lowest BCUT2D eigenvalue weighted by Gasteiger charge is -2.08. The number of carboxylic acid groups (broad SMARTS) is 1. The minimum atomic E-state index is -1.14. The van der Waals surface area contributed by atoms with Gasteiger partial charge in [-0.25, -0.2) is 9.48 Å². The first-order chi connectivity index (χ1) is 10.6. The van der Waals surface area contributed by atoms with Gasteiger partial charge in [-0.15, -0.1) is 5.10 Å². The molecule has 6 nitrogen and oxygen atoms in total. The van der Waals surface area contributed by atoms with Crippen LogP contribution in [0.15, 0.2) is 42.7 Å². The SMILES string of the molecule is Cc1cc(-n2nnc(C(=O)O)c2-c2ccncc2)ccc1Cl. The molecule has 1 aromatic carbocycles. The van der Waals surface area contributed by atoms with Gasteiger partial charge in [0, 0.05) is 23.0 Å². The van der Waals surface area contributed by atoms with Crippen LogP contribution in [-0.4, -0.2) is 31.1 Å². The van der Waals surface area contributed by atoms with Crippen molar-refractivity contribution in [3.05, 3.63) is 59.0 Å². The molecule has 0 saturated heterocycles. The van der Waals surface area contributed by atoms with Crippen molar-refractivity contribution >= 4 is 17.6 Å². The molecule has 1 N–H and O–H groups in total. The van der Waals surface area contributed by atoms with Crippen LogP contribution < -0.4 is 0 Å². The summed E-state index contributed by atoms with van der Waals surface area (Å²) in [5.74, 6) is -1.14. The predicted molar refractivity (Wildman–Crippen MR) is 81.3 cm³/mol. The molecule has 0 bridgehead atoms. The van der Waals surface area contributed by atoms with E-state index in [0.29, 0.717) is 22.0 Å². The van der Waals surface area contributed by atoms with E-state index in [9.17, 15) is 9.90 Å². The van der Waals surface area contributed by atoms with Gasteiger partial charge in [0.05, 0.1) is 5.69 Å². The van der Waals surface area contributed by atoms with E-state index in [1.807, 2.05) is 13.0 Å². The first-order valence-corrected chi connectivity index (χ1v) is 6.81. The highest BCUT2D eigenvalue weighted by Crippen LogP contribution is 2.26. The standard InChI is InChI=1S/C15H11ClN4O2/c1-9-8-11(2-3-12(9)16)20-14(10-4-6-17-7-5-10)13(15(21)22)18-19-20/h2-8H,1H3,(H,21,22). The molecule has 0 aliphatic rings. The first kappa shape index (κ1) is 14.2. The summed E-state index contributed by atoms with van der Waals surface area (Å²) in [7, 11) is 0. The highest BCUT2D eigenvalue weighted by molar-refractivity contribution is 6.31. The average molecular weight is 315 g/mol. The largest absolute Gasteiger partial charge is 0.476 e. The van der Waals surface area contributed by atoms with Gasteiger partial charge in [0.15, 0.2) is 5.69 Å². The Balaban J connectivity index is 2.24. The third kappa shape index (κ3) is 2.44. The highest BCUT2D eigenvalue weighted by atomic mass is 35.5. The Bertz CT molecular complexity index is 846. The molecule has 2 aromatic heterocycles. The number of pyridine rings is 1. The van der Waals surface area contributed by atoms with Crippen LogP contribution in [-0.2, 0) is 0 Å². The fraction of sp³-hybridized carbons (Fsp3) is 0.0667. The minimum Gasteiger partial charge on any atom is -0.476 e. The Morgan fingerprint density at radius 3 is 2.59 bits per heavy atom. The van der Waals surface area contributed by atoms with Gasteiger partial charge in [-0.1, -0.05) is 16.8 Å². The van der Waals surface area contributed by atoms with Crippen molar-refractivity contribution in [1.29, 1.82) is 0 Å². The molecule has 0 saturated carbocycles. The maximum Gasteiger partial charge on any atom is 0.358 e. The van der Waals surface area contributed by atoms with Gasteiger partial charge in [-0.05, 0) is 42.8 Å². The summed E-state index contributed by atoms with van der Waals surface area (Å²) in [5.41, 5.74) is 2.52. The van der Waals surface area contributed by atoms with Crippen LogP contribution in [0.5, 0.6) is 0 Å². The monoisotopic (exact) mass is 314 g/mol. The fourth-order valence-corrected chi connectivity index (χ4v) is 2.25. The smallest absolute Gasteiger partial charge is 0.358 e. The maximum atomic E-state index is 11.4. The number of hydrogen-bond acceptors (Lipinski definition) is 4. The van der Waals surface area contributed by atoms with Crippen molar-refractivity contribution < 1.29 is 9.90 Å². The number of benzene rings is 1. The van der Waals surface area contributed by atoms with Crippen molar-refractivity contribution in [2.45, 2.75) is 6.92 Å². The molecule has 22 heavy (non-hydrogen) atoms. The molecule has 0 amide bonds. The third-order valence-electron chi connectivity index (χ3n) is 3.21. The quantitative estimate of drug-likeness (QED) is 0.803. The molecular weight excluding hydrogens is 304 g/mol. The summed E-state index contributed by atoms with van der Waals surface area (Å²) in [6, 6.07) is 8.76. The van der Waals surface area contributed by atoms with Crippen LogP contribution in [0.25, 0.3) is 16.9 Å². The number of nitrogens with zero attached hydrogens (tertiary/aromatic N) is 4. The highest BCUT2D eigenvalue weighted by Gasteiger charge is 2.21. The molecule has 0 fully saturated rings. The van der Waals surface area contributed by atoms with Gasteiger partial charge >= 0.3 is 5.97 Å². The lowest BCUT2D eigenvalue weighted by atomic mass is 10.1. The van der Waals surface area contributed by atoms with Gasteiger partial charge < -0.3 is 5.11 Å². The Morgan fingerprint density at radius 1 is 1.23 bits per heavy atom. The second-order valence-electron chi connectivity index (χ2n) is 4.67. The van der Waals surface area contributed by atoms with Gasteiger partial charge in [0.1, 0.15) is 5.69 Å². The van der Waals surface area contributed by atoms with E-state index < -0.39 is 5.97 Å². The van der Waals surface area contributed by atoms with Crippen LogP contribution in [0, 0.1) is 6.92 Å². The first-order valence-electron chi connectivity index (χ1n) is 6.44. The van der Waals surface area contributed by atoms with Gasteiger partial charge in [-0.3, -0.25) is 4.98 Å². The summed E-state index contributed by atoms with van der Waals surface area (Å²) in [6.45, 7) is 1.87. The number of rotatable bonds is 3. The summed E-state index contributed by atoms with van der Waals surface area (Å²) >= 11 is 6.03. The summed E-state index contributed by atoms with van der Waals surface area (Å²) in [4.78, 5) is 15.4. The molecule has 3 aromatic rings. The zero-order valence-electron chi connectivity index (χ0n) is 11.6. The van der Waals surface area contributed by atoms with E-state index in [1.54, 1.807) is 36.7 Å². The summed E-state index contributed by atoms with van der Waals surface area (Å²) < 4.78 is 1.49. The number of carboxylic acids is 1. The molecule has 7 heteroatoms. The number of aromatic nitrogens is 4. The molecule has 0 aliphatic heterocycles. The van der Waals surface area contributed by atoms with Gasteiger partial charge in [-0.2, -0.15) is 0 Å². The van der Waals surface area contributed by atoms with Crippen molar-refractivity contribution in [1.82, 2.24) is 20.0 Å². The van der Waals surface area contributed by atoms with Crippen LogP contribution in [0.1, 0.15) is 16.1 Å². The molecule has 0 unspecified atom stereocenters. The van der Waals surface area contributed by atoms with Crippen molar-refractivity contribution in [2.75, 3.05) is 0 Å². The number of carbonyl (C=O) groups is 1. The summed E-state index contributed by atoms with van der Waals surface area (Å²) in [5, 5.41) is 17.7. The number of aryl methyl sites for hydroxylation is 1. The zero-order valence-corrected chi connectivity index (χ0v) is 12.3. The third-order valence-corrected chi connectivity index (χ3v) is 3.64. The van der Waals surface area contributed by atoms with E-state index in [1.165, 1.54) is 4.68 Å². The van der Waals surface area contributed by atoms with Crippen LogP contribution in [0.2, 0.25) is 5.02 Å².